The van der Waals surface area contributed by atoms with Gasteiger partial charge in [0.15, 0.2) is 0 Å². The van der Waals surface area contributed by atoms with E-state index >= 15 is 0 Å². The molecule has 1 atom stereocenters. The molecule has 0 saturated heterocycles. The van der Waals surface area contributed by atoms with Crippen molar-refractivity contribution in [3.63, 3.8) is 0 Å². The van der Waals surface area contributed by atoms with Gasteiger partial charge in [-0.25, -0.2) is 12.8 Å². The van der Waals surface area contributed by atoms with Crippen LogP contribution in [0.1, 0.15) is 18.0 Å². The fraction of sp³-hybridized carbons (Fsp3) is 0.455. The maximum atomic E-state index is 13.7. The van der Waals surface area contributed by atoms with Crippen molar-refractivity contribution in [3.8, 4) is 0 Å². The number of rotatable bonds is 5. The van der Waals surface area contributed by atoms with Crippen molar-refractivity contribution in [1.82, 2.24) is 5.32 Å². The Bertz CT molecular complexity index is 490. The maximum Gasteiger partial charge on any atom is 0.147 e. The molecule has 1 rings (SSSR count). The molecular formula is C11H15BrFNO2S. The summed E-state index contributed by atoms with van der Waals surface area (Å²) in [7, 11) is -1.34. The van der Waals surface area contributed by atoms with Gasteiger partial charge in [-0.15, -0.1) is 0 Å². The summed E-state index contributed by atoms with van der Waals surface area (Å²) < 4.78 is 36.5. The van der Waals surface area contributed by atoms with Gasteiger partial charge in [0.25, 0.3) is 0 Å². The van der Waals surface area contributed by atoms with Crippen molar-refractivity contribution in [1.29, 1.82) is 0 Å². The molecule has 0 aromatic heterocycles. The molecule has 0 amide bonds. The number of halogens is 2. The third-order valence-electron chi connectivity index (χ3n) is 2.46. The van der Waals surface area contributed by atoms with Crippen molar-refractivity contribution in [2.75, 3.05) is 19.1 Å². The molecule has 0 fully saturated rings. The summed E-state index contributed by atoms with van der Waals surface area (Å²) in [5.74, 6) is -0.305. The van der Waals surface area contributed by atoms with Crippen LogP contribution in [0.25, 0.3) is 0 Å². The summed E-state index contributed by atoms with van der Waals surface area (Å²) in [6.45, 7) is 0. The van der Waals surface area contributed by atoms with E-state index in [0.717, 1.165) is 0 Å². The lowest BCUT2D eigenvalue weighted by Gasteiger charge is -2.17. The molecule has 1 aromatic carbocycles. The second-order valence-corrected chi connectivity index (χ2v) is 7.10. The van der Waals surface area contributed by atoms with Crippen molar-refractivity contribution < 1.29 is 12.8 Å². The third kappa shape index (κ3) is 4.73. The first-order valence-electron chi connectivity index (χ1n) is 5.13. The van der Waals surface area contributed by atoms with E-state index in [1.807, 2.05) is 0 Å². The Hall–Kier alpha value is -0.460. The highest BCUT2D eigenvalue weighted by molar-refractivity contribution is 9.10. The summed E-state index contributed by atoms with van der Waals surface area (Å²) in [5, 5.41) is 2.93. The predicted molar refractivity (Wildman–Crippen MR) is 70.2 cm³/mol. The Morgan fingerprint density at radius 3 is 2.59 bits per heavy atom. The molecule has 17 heavy (non-hydrogen) atoms. The van der Waals surface area contributed by atoms with Crippen LogP contribution in [0.15, 0.2) is 22.7 Å². The van der Waals surface area contributed by atoms with Gasteiger partial charge in [-0.3, -0.25) is 0 Å². The lowest BCUT2D eigenvalue weighted by molar-refractivity contribution is 0.520. The third-order valence-corrected chi connectivity index (χ3v) is 3.93. The van der Waals surface area contributed by atoms with Gasteiger partial charge < -0.3 is 5.32 Å². The standard InChI is InChI=1S/C11H15BrFNO2S/c1-14-11(5-6-17(2,15)16)9-4-3-8(12)7-10(9)13/h3-4,7,11,14H,5-6H2,1-2H3. The van der Waals surface area contributed by atoms with Gasteiger partial charge in [0.05, 0.1) is 5.75 Å². The van der Waals surface area contributed by atoms with Crippen LogP contribution in [0.2, 0.25) is 0 Å². The minimum absolute atomic E-state index is 0.0357. The second-order valence-electron chi connectivity index (χ2n) is 3.93. The molecule has 0 radical (unpaired) electrons. The van der Waals surface area contributed by atoms with Crippen molar-refractivity contribution in [2.24, 2.45) is 0 Å². The van der Waals surface area contributed by atoms with E-state index in [0.29, 0.717) is 16.5 Å². The molecule has 0 bridgehead atoms. The molecule has 1 N–H and O–H groups in total. The average molecular weight is 324 g/mol. The zero-order valence-electron chi connectivity index (χ0n) is 9.70. The van der Waals surface area contributed by atoms with Crippen molar-refractivity contribution in [3.05, 3.63) is 34.1 Å². The van der Waals surface area contributed by atoms with E-state index in [-0.39, 0.29) is 17.6 Å². The largest absolute Gasteiger partial charge is 0.313 e. The van der Waals surface area contributed by atoms with Crippen LogP contribution in [-0.4, -0.2) is 27.5 Å². The molecule has 1 aromatic rings. The van der Waals surface area contributed by atoms with E-state index in [4.69, 9.17) is 0 Å². The first-order chi connectivity index (χ1) is 7.83. The predicted octanol–water partition coefficient (Wildman–Crippen LogP) is 2.28. The van der Waals surface area contributed by atoms with E-state index < -0.39 is 9.84 Å². The maximum absolute atomic E-state index is 13.7. The molecule has 6 heteroatoms. The lowest BCUT2D eigenvalue weighted by Crippen LogP contribution is -2.21. The van der Waals surface area contributed by atoms with Crippen LogP contribution in [0.4, 0.5) is 4.39 Å². The molecule has 96 valence electrons. The minimum Gasteiger partial charge on any atom is -0.313 e. The number of hydrogen-bond donors (Lipinski definition) is 1. The van der Waals surface area contributed by atoms with Crippen LogP contribution in [0.3, 0.4) is 0 Å². The molecule has 0 aliphatic carbocycles. The molecular weight excluding hydrogens is 309 g/mol. The number of hydrogen-bond acceptors (Lipinski definition) is 3. The monoisotopic (exact) mass is 323 g/mol. The summed E-state index contributed by atoms with van der Waals surface area (Å²) in [4.78, 5) is 0. The molecule has 1 unspecified atom stereocenters. The Labute approximate surface area is 109 Å². The van der Waals surface area contributed by atoms with E-state index in [1.54, 1.807) is 19.2 Å². The van der Waals surface area contributed by atoms with E-state index in [9.17, 15) is 12.8 Å². The molecule has 0 saturated carbocycles. The highest BCUT2D eigenvalue weighted by Gasteiger charge is 2.16. The number of sulfone groups is 1. The zero-order chi connectivity index (χ0) is 13.1. The highest BCUT2D eigenvalue weighted by Crippen LogP contribution is 2.23. The van der Waals surface area contributed by atoms with Gasteiger partial charge in [0.1, 0.15) is 15.7 Å². The Kier molecular flexibility index (Phi) is 5.09. The second kappa shape index (κ2) is 5.93. The normalized spacial score (nSPS) is 13.6. The fourth-order valence-electron chi connectivity index (χ4n) is 1.57. The topological polar surface area (TPSA) is 46.2 Å². The van der Waals surface area contributed by atoms with Gasteiger partial charge in [-0.2, -0.15) is 0 Å². The molecule has 0 spiro atoms. The summed E-state index contributed by atoms with van der Waals surface area (Å²) in [6, 6.07) is 4.48. The van der Waals surface area contributed by atoms with Crippen LogP contribution >= 0.6 is 15.9 Å². The zero-order valence-corrected chi connectivity index (χ0v) is 12.1. The first-order valence-corrected chi connectivity index (χ1v) is 7.99. The van der Waals surface area contributed by atoms with Gasteiger partial charge >= 0.3 is 0 Å². The van der Waals surface area contributed by atoms with Gasteiger partial charge in [0.2, 0.25) is 0 Å². The average Bonchev–Trinajstić information content (AvgIpc) is 2.19. The first kappa shape index (κ1) is 14.6. The van der Waals surface area contributed by atoms with Crippen molar-refractivity contribution in [2.45, 2.75) is 12.5 Å². The van der Waals surface area contributed by atoms with E-state index in [1.165, 1.54) is 12.3 Å². The fourth-order valence-corrected chi connectivity index (χ4v) is 2.57. The molecule has 0 heterocycles. The smallest absolute Gasteiger partial charge is 0.147 e. The number of benzene rings is 1. The van der Waals surface area contributed by atoms with Crippen LogP contribution < -0.4 is 5.32 Å². The quantitative estimate of drug-likeness (QED) is 0.904. The Morgan fingerprint density at radius 1 is 1.47 bits per heavy atom. The van der Waals surface area contributed by atoms with Gasteiger partial charge in [-0.05, 0) is 25.6 Å². The van der Waals surface area contributed by atoms with Crippen LogP contribution in [0.5, 0.6) is 0 Å². The SMILES string of the molecule is CNC(CCS(C)(=O)=O)c1ccc(Br)cc1F. The molecule has 0 aliphatic heterocycles. The lowest BCUT2D eigenvalue weighted by atomic mass is 10.0. The number of nitrogens with one attached hydrogen (secondary N) is 1. The van der Waals surface area contributed by atoms with E-state index in [2.05, 4.69) is 21.2 Å². The van der Waals surface area contributed by atoms with Gasteiger partial charge in [0, 0.05) is 22.3 Å². The Balaban J connectivity index is 2.86. The highest BCUT2D eigenvalue weighted by atomic mass is 79.9. The molecule has 3 nitrogen and oxygen atoms in total. The minimum atomic E-state index is -3.03. The van der Waals surface area contributed by atoms with Crippen LogP contribution in [0, 0.1) is 5.82 Å². The van der Waals surface area contributed by atoms with Crippen molar-refractivity contribution >= 4 is 25.8 Å². The Morgan fingerprint density at radius 2 is 2.12 bits per heavy atom. The van der Waals surface area contributed by atoms with Gasteiger partial charge in [-0.1, -0.05) is 22.0 Å². The summed E-state index contributed by atoms with van der Waals surface area (Å²) >= 11 is 3.18. The summed E-state index contributed by atoms with van der Waals surface area (Å²) in [5.41, 5.74) is 0.486. The molecule has 0 aliphatic rings. The van der Waals surface area contributed by atoms with Crippen LogP contribution in [-0.2, 0) is 9.84 Å². The summed E-state index contributed by atoms with van der Waals surface area (Å²) in [6.07, 6.45) is 1.53.